The van der Waals surface area contributed by atoms with Crippen LogP contribution in [0.2, 0.25) is 0 Å². The number of hydrogen-bond donors (Lipinski definition) is 0. The average Bonchev–Trinajstić information content (AvgIpc) is 2.85. The molecule has 0 aliphatic carbocycles. The van der Waals surface area contributed by atoms with Crippen molar-refractivity contribution in [2.24, 2.45) is 0 Å². The zero-order valence-electron chi connectivity index (χ0n) is 19.7. The Morgan fingerprint density at radius 1 is 0.788 bits per heavy atom. The predicted molar refractivity (Wildman–Crippen MR) is 135 cm³/mol. The Balaban J connectivity index is 3.11. The molecule has 0 saturated carbocycles. The Morgan fingerprint density at radius 2 is 1.30 bits per heavy atom. The van der Waals surface area contributed by atoms with Gasteiger partial charge >= 0.3 is 11.9 Å². The molecule has 4 nitrogen and oxygen atoms in total. The van der Waals surface area contributed by atoms with Gasteiger partial charge in [0.2, 0.25) is 0 Å². The van der Waals surface area contributed by atoms with Gasteiger partial charge in [-0.25, -0.2) is 9.59 Å². The average molecular weight is 467 g/mol. The third kappa shape index (κ3) is 6.93. The monoisotopic (exact) mass is 466 g/mol. The van der Waals surface area contributed by atoms with Crippen LogP contribution in [0, 0.1) is 0 Å². The zero-order valence-corrected chi connectivity index (χ0v) is 20.4. The van der Waals surface area contributed by atoms with Gasteiger partial charge in [0.25, 0.3) is 0 Å². The van der Waals surface area contributed by atoms with Gasteiger partial charge in [0.05, 0.1) is 19.8 Å². The zero-order chi connectivity index (χ0) is 24.2. The lowest BCUT2D eigenvalue weighted by molar-refractivity contribution is -0.138. The number of allylic oxidation sites excluding steroid dienone is 3. The maximum atomic E-state index is 13.0. The standard InChI is InChI=1S/C28H31ClO4/c1-5-13-22(24(29)14-6-2)26(20-15-9-7-10-16-20)27(21-17-11-8-12-18-21)23(28(31)33-4)19-25(30)32-3/h7-12,15-19H,5-6,13-14H2,1-4H3/b23-19-,24-22+,27-26+. The van der Waals surface area contributed by atoms with Crippen LogP contribution in [0.25, 0.3) is 11.1 Å². The fourth-order valence-electron chi connectivity index (χ4n) is 3.65. The second-order valence-corrected chi connectivity index (χ2v) is 7.89. The maximum absolute atomic E-state index is 13.0. The third-order valence-electron chi connectivity index (χ3n) is 5.11. The first-order chi connectivity index (χ1) is 16.0. The normalized spacial score (nSPS) is 13.1. The van der Waals surface area contributed by atoms with Crippen LogP contribution in [-0.4, -0.2) is 26.2 Å². The Hall–Kier alpha value is -3.11. The number of rotatable bonds is 10. The number of carbonyl (C=O) groups is 2. The van der Waals surface area contributed by atoms with Gasteiger partial charge in [0, 0.05) is 16.7 Å². The molecule has 0 N–H and O–H groups in total. The molecule has 0 bridgehead atoms. The molecule has 0 radical (unpaired) electrons. The minimum Gasteiger partial charge on any atom is -0.466 e. The lowest BCUT2D eigenvalue weighted by Crippen LogP contribution is -2.12. The minimum absolute atomic E-state index is 0.115. The van der Waals surface area contributed by atoms with Crippen LogP contribution in [0.5, 0.6) is 0 Å². The summed E-state index contributed by atoms with van der Waals surface area (Å²) >= 11 is 6.87. The fourth-order valence-corrected chi connectivity index (χ4v) is 4.03. The van der Waals surface area contributed by atoms with Crippen LogP contribution in [0.3, 0.4) is 0 Å². The number of methoxy groups -OCH3 is 2. The molecule has 0 amide bonds. The van der Waals surface area contributed by atoms with Gasteiger partial charge in [-0.15, -0.1) is 0 Å². The first-order valence-electron chi connectivity index (χ1n) is 11.1. The molecular formula is C28H31ClO4. The molecule has 0 aliphatic rings. The molecule has 33 heavy (non-hydrogen) atoms. The van der Waals surface area contributed by atoms with Crippen LogP contribution in [0.1, 0.15) is 50.7 Å². The van der Waals surface area contributed by atoms with E-state index in [4.69, 9.17) is 21.1 Å². The summed E-state index contributed by atoms with van der Waals surface area (Å²) in [6, 6.07) is 19.3. The molecule has 2 rings (SSSR count). The summed E-state index contributed by atoms with van der Waals surface area (Å²) < 4.78 is 9.95. The SMILES string of the molecule is CCC\C(Cl)=C(CCC)/C(=C(/C(=C/C(=O)OC)C(=O)OC)c1ccccc1)c1ccccc1. The number of benzene rings is 2. The molecule has 2 aromatic rings. The van der Waals surface area contributed by atoms with Crippen molar-refractivity contribution in [3.05, 3.63) is 94.0 Å². The van der Waals surface area contributed by atoms with Crippen molar-refractivity contribution in [2.75, 3.05) is 14.2 Å². The van der Waals surface area contributed by atoms with E-state index in [2.05, 4.69) is 13.8 Å². The highest BCUT2D eigenvalue weighted by Gasteiger charge is 2.26. The van der Waals surface area contributed by atoms with E-state index in [1.165, 1.54) is 20.3 Å². The highest BCUT2D eigenvalue weighted by Crippen LogP contribution is 2.41. The van der Waals surface area contributed by atoms with Gasteiger partial charge in [-0.3, -0.25) is 0 Å². The molecule has 174 valence electrons. The highest BCUT2D eigenvalue weighted by atomic mass is 35.5. The second-order valence-electron chi connectivity index (χ2n) is 7.44. The van der Waals surface area contributed by atoms with Crippen molar-refractivity contribution in [2.45, 2.75) is 39.5 Å². The number of esters is 2. The van der Waals surface area contributed by atoms with Crippen molar-refractivity contribution in [1.82, 2.24) is 0 Å². The lowest BCUT2D eigenvalue weighted by atomic mass is 9.83. The Kier molecular flexibility index (Phi) is 10.6. The smallest absolute Gasteiger partial charge is 0.338 e. The molecule has 0 unspecified atom stereocenters. The van der Waals surface area contributed by atoms with E-state index >= 15 is 0 Å². The molecule has 0 aliphatic heterocycles. The van der Waals surface area contributed by atoms with Gasteiger partial charge in [-0.1, -0.05) is 99.0 Å². The van der Waals surface area contributed by atoms with Gasteiger partial charge in [-0.2, -0.15) is 0 Å². The molecule has 0 atom stereocenters. The molecule has 0 fully saturated rings. The molecule has 0 aromatic heterocycles. The molecule has 0 saturated heterocycles. The van der Waals surface area contributed by atoms with Gasteiger partial charge in [0.1, 0.15) is 0 Å². The van der Waals surface area contributed by atoms with E-state index in [0.29, 0.717) is 18.4 Å². The van der Waals surface area contributed by atoms with Crippen molar-refractivity contribution >= 4 is 34.7 Å². The van der Waals surface area contributed by atoms with Gasteiger partial charge in [0.15, 0.2) is 0 Å². The minimum atomic E-state index is -0.642. The first kappa shape index (κ1) is 26.1. The van der Waals surface area contributed by atoms with Crippen molar-refractivity contribution in [3.8, 4) is 0 Å². The van der Waals surface area contributed by atoms with Crippen LogP contribution < -0.4 is 0 Å². The van der Waals surface area contributed by atoms with Crippen LogP contribution in [0.4, 0.5) is 0 Å². The number of carbonyl (C=O) groups excluding carboxylic acids is 2. The summed E-state index contributed by atoms with van der Waals surface area (Å²) in [6.07, 6.45) is 4.36. The molecular weight excluding hydrogens is 436 g/mol. The molecule has 0 spiro atoms. The summed E-state index contributed by atoms with van der Waals surface area (Å²) in [5, 5.41) is 0.744. The van der Waals surface area contributed by atoms with Crippen molar-refractivity contribution in [1.29, 1.82) is 0 Å². The maximum Gasteiger partial charge on any atom is 0.338 e. The second kappa shape index (κ2) is 13.4. The third-order valence-corrected chi connectivity index (χ3v) is 5.53. The lowest BCUT2D eigenvalue weighted by Gasteiger charge is -2.22. The number of halogens is 1. The van der Waals surface area contributed by atoms with E-state index in [1.807, 2.05) is 60.7 Å². The highest BCUT2D eigenvalue weighted by molar-refractivity contribution is 6.31. The van der Waals surface area contributed by atoms with Crippen LogP contribution >= 0.6 is 11.6 Å². The Morgan fingerprint density at radius 3 is 1.76 bits per heavy atom. The van der Waals surface area contributed by atoms with E-state index in [0.717, 1.165) is 40.1 Å². The topological polar surface area (TPSA) is 52.6 Å². The summed E-state index contributed by atoms with van der Waals surface area (Å²) in [6.45, 7) is 4.17. The van der Waals surface area contributed by atoms with E-state index < -0.39 is 11.9 Å². The van der Waals surface area contributed by atoms with E-state index in [9.17, 15) is 9.59 Å². The Bertz CT molecular complexity index is 1030. The van der Waals surface area contributed by atoms with Crippen LogP contribution in [-0.2, 0) is 19.1 Å². The summed E-state index contributed by atoms with van der Waals surface area (Å²) in [4.78, 5) is 25.3. The Labute approximate surface area is 201 Å². The molecule has 5 heteroatoms. The van der Waals surface area contributed by atoms with Crippen molar-refractivity contribution in [3.63, 3.8) is 0 Å². The number of hydrogen-bond acceptors (Lipinski definition) is 4. The summed E-state index contributed by atoms with van der Waals surface area (Å²) in [5.74, 6) is -1.27. The van der Waals surface area contributed by atoms with E-state index in [1.54, 1.807) is 0 Å². The quantitative estimate of drug-likeness (QED) is 0.164. The predicted octanol–water partition coefficient (Wildman–Crippen LogP) is 6.96. The van der Waals surface area contributed by atoms with Crippen LogP contribution in [0.15, 0.2) is 82.9 Å². The van der Waals surface area contributed by atoms with E-state index in [-0.39, 0.29) is 5.57 Å². The van der Waals surface area contributed by atoms with Gasteiger partial charge < -0.3 is 9.47 Å². The molecule has 0 heterocycles. The summed E-state index contributed by atoms with van der Waals surface area (Å²) in [5.41, 5.74) is 4.12. The fraction of sp³-hybridized carbons (Fsp3) is 0.286. The van der Waals surface area contributed by atoms with Gasteiger partial charge in [-0.05, 0) is 35.1 Å². The first-order valence-corrected chi connectivity index (χ1v) is 11.5. The summed E-state index contributed by atoms with van der Waals surface area (Å²) in [7, 11) is 2.57. The molecule has 2 aromatic carbocycles. The van der Waals surface area contributed by atoms with Crippen molar-refractivity contribution < 1.29 is 19.1 Å². The largest absolute Gasteiger partial charge is 0.466 e. The number of ether oxygens (including phenoxy) is 2.